The van der Waals surface area contributed by atoms with E-state index in [-0.39, 0.29) is 19.0 Å². The van der Waals surface area contributed by atoms with Gasteiger partial charge in [0.15, 0.2) is 0 Å². The lowest BCUT2D eigenvalue weighted by atomic mass is 9.87. The lowest BCUT2D eigenvalue weighted by Crippen LogP contribution is -2.46. The van der Waals surface area contributed by atoms with Crippen molar-refractivity contribution in [2.75, 3.05) is 13.1 Å². The molecule has 1 aliphatic heterocycles. The molecule has 3 N–H and O–H groups in total. The third-order valence-corrected chi connectivity index (χ3v) is 4.38. The SMILES string of the molecule is O=C(O)C1CC(O)CN1C(=O)NCCC1CCCCC1. The number of urea groups is 1. The molecular formula is C14H24N2O4. The van der Waals surface area contributed by atoms with Crippen LogP contribution in [0, 0.1) is 5.92 Å². The maximum atomic E-state index is 12.0. The van der Waals surface area contributed by atoms with Crippen LogP contribution in [-0.2, 0) is 4.79 Å². The van der Waals surface area contributed by atoms with E-state index >= 15 is 0 Å². The molecule has 1 heterocycles. The van der Waals surface area contributed by atoms with Crippen molar-refractivity contribution >= 4 is 12.0 Å². The number of aliphatic carboxylic acids is 1. The van der Waals surface area contributed by atoms with Gasteiger partial charge in [0.2, 0.25) is 0 Å². The molecule has 0 spiro atoms. The molecule has 114 valence electrons. The summed E-state index contributed by atoms with van der Waals surface area (Å²) in [5.74, 6) is -0.368. The zero-order valence-electron chi connectivity index (χ0n) is 11.8. The third kappa shape index (κ3) is 3.85. The molecule has 1 saturated heterocycles. The Morgan fingerprint density at radius 1 is 1.20 bits per heavy atom. The highest BCUT2D eigenvalue weighted by molar-refractivity contribution is 5.83. The second-order valence-corrected chi connectivity index (χ2v) is 5.92. The maximum Gasteiger partial charge on any atom is 0.326 e. The number of nitrogens with one attached hydrogen (secondary N) is 1. The predicted molar refractivity (Wildman–Crippen MR) is 73.3 cm³/mol. The molecule has 0 aromatic carbocycles. The van der Waals surface area contributed by atoms with Crippen molar-refractivity contribution < 1.29 is 19.8 Å². The average Bonchev–Trinajstić information content (AvgIpc) is 2.82. The molecule has 2 aliphatic rings. The number of carbonyl (C=O) groups is 2. The van der Waals surface area contributed by atoms with Crippen molar-refractivity contribution in [2.45, 2.75) is 57.1 Å². The van der Waals surface area contributed by atoms with Crippen molar-refractivity contribution in [3.8, 4) is 0 Å². The molecular weight excluding hydrogens is 260 g/mol. The Morgan fingerprint density at radius 2 is 1.90 bits per heavy atom. The number of carboxylic acids is 1. The van der Waals surface area contributed by atoms with E-state index in [1.807, 2.05) is 0 Å². The Balaban J connectivity index is 1.74. The summed E-state index contributed by atoms with van der Waals surface area (Å²) < 4.78 is 0. The molecule has 2 unspecified atom stereocenters. The molecule has 20 heavy (non-hydrogen) atoms. The second kappa shape index (κ2) is 6.92. The van der Waals surface area contributed by atoms with E-state index in [4.69, 9.17) is 5.11 Å². The summed E-state index contributed by atoms with van der Waals surface area (Å²) in [6.07, 6.45) is 6.67. The van der Waals surface area contributed by atoms with Gasteiger partial charge >= 0.3 is 12.0 Å². The first kappa shape index (κ1) is 15.1. The standard InChI is InChI=1S/C14H24N2O4/c17-11-8-12(13(18)19)16(9-11)14(20)15-7-6-10-4-2-1-3-5-10/h10-12,17H,1-9H2,(H,15,20)(H,18,19). The first-order valence-corrected chi connectivity index (χ1v) is 7.53. The van der Waals surface area contributed by atoms with Gasteiger partial charge in [-0.15, -0.1) is 0 Å². The number of β-amino-alcohol motifs (C(OH)–C–C–N with tert-alkyl or cyclic N) is 1. The molecule has 1 aliphatic carbocycles. The van der Waals surface area contributed by atoms with Crippen LogP contribution in [0.2, 0.25) is 0 Å². The van der Waals surface area contributed by atoms with E-state index in [9.17, 15) is 14.7 Å². The van der Waals surface area contributed by atoms with Crippen molar-refractivity contribution in [3.05, 3.63) is 0 Å². The van der Waals surface area contributed by atoms with Crippen LogP contribution in [-0.4, -0.2) is 52.3 Å². The second-order valence-electron chi connectivity index (χ2n) is 5.92. The summed E-state index contributed by atoms with van der Waals surface area (Å²) in [4.78, 5) is 24.3. The topological polar surface area (TPSA) is 89.9 Å². The van der Waals surface area contributed by atoms with Gasteiger partial charge in [0.1, 0.15) is 6.04 Å². The smallest absolute Gasteiger partial charge is 0.326 e. The molecule has 1 saturated carbocycles. The fraction of sp³-hybridized carbons (Fsp3) is 0.857. The highest BCUT2D eigenvalue weighted by atomic mass is 16.4. The normalized spacial score (nSPS) is 27.6. The van der Waals surface area contributed by atoms with Crippen LogP contribution in [0.25, 0.3) is 0 Å². The summed E-state index contributed by atoms with van der Waals surface area (Å²) in [6.45, 7) is 0.689. The van der Waals surface area contributed by atoms with E-state index in [1.54, 1.807) is 0 Å². The minimum Gasteiger partial charge on any atom is -0.480 e. The highest BCUT2D eigenvalue weighted by Crippen LogP contribution is 2.25. The van der Waals surface area contributed by atoms with E-state index in [2.05, 4.69) is 5.32 Å². The molecule has 2 fully saturated rings. The summed E-state index contributed by atoms with van der Waals surface area (Å²) in [5, 5.41) is 21.3. The number of carbonyl (C=O) groups excluding carboxylic acids is 1. The van der Waals surface area contributed by atoms with Gasteiger partial charge in [-0.1, -0.05) is 32.1 Å². The first-order chi connectivity index (χ1) is 9.58. The molecule has 0 aromatic heterocycles. The molecule has 2 amide bonds. The fourth-order valence-corrected chi connectivity index (χ4v) is 3.23. The minimum atomic E-state index is -1.05. The van der Waals surface area contributed by atoms with Gasteiger partial charge in [0.25, 0.3) is 0 Å². The predicted octanol–water partition coefficient (Wildman–Crippen LogP) is 1.19. The monoisotopic (exact) mass is 284 g/mol. The third-order valence-electron chi connectivity index (χ3n) is 4.38. The Kier molecular flexibility index (Phi) is 5.23. The average molecular weight is 284 g/mol. The summed E-state index contributed by atoms with van der Waals surface area (Å²) in [6, 6.07) is -1.27. The highest BCUT2D eigenvalue weighted by Gasteiger charge is 2.38. The quantitative estimate of drug-likeness (QED) is 0.723. The summed E-state index contributed by atoms with van der Waals surface area (Å²) >= 11 is 0. The summed E-state index contributed by atoms with van der Waals surface area (Å²) in [7, 11) is 0. The van der Waals surface area contributed by atoms with E-state index in [0.29, 0.717) is 12.5 Å². The molecule has 2 rings (SSSR count). The van der Waals surface area contributed by atoms with Gasteiger partial charge in [0, 0.05) is 19.5 Å². The van der Waals surface area contributed by atoms with Gasteiger partial charge in [-0.2, -0.15) is 0 Å². The van der Waals surface area contributed by atoms with Crippen LogP contribution >= 0.6 is 0 Å². The molecule has 6 heteroatoms. The summed E-state index contributed by atoms with van der Waals surface area (Å²) in [5.41, 5.74) is 0. The number of carboxylic acid groups (broad SMARTS) is 1. The van der Waals surface area contributed by atoms with Gasteiger partial charge < -0.3 is 20.4 Å². The molecule has 0 radical (unpaired) electrons. The lowest BCUT2D eigenvalue weighted by molar-refractivity contribution is -0.141. The lowest BCUT2D eigenvalue weighted by Gasteiger charge is -2.24. The van der Waals surface area contributed by atoms with Crippen molar-refractivity contribution in [2.24, 2.45) is 5.92 Å². The zero-order chi connectivity index (χ0) is 14.5. The van der Waals surface area contributed by atoms with Gasteiger partial charge in [-0.05, 0) is 12.3 Å². The molecule has 2 atom stereocenters. The van der Waals surface area contributed by atoms with Crippen LogP contribution in [0.4, 0.5) is 4.79 Å². The van der Waals surface area contributed by atoms with E-state index in [0.717, 1.165) is 6.42 Å². The number of aliphatic hydroxyl groups excluding tert-OH is 1. The van der Waals surface area contributed by atoms with E-state index in [1.165, 1.54) is 37.0 Å². The molecule has 0 aromatic rings. The maximum absolute atomic E-state index is 12.0. The van der Waals surface area contributed by atoms with Gasteiger partial charge in [-0.25, -0.2) is 9.59 Å². The van der Waals surface area contributed by atoms with Crippen LogP contribution in [0.1, 0.15) is 44.9 Å². The Morgan fingerprint density at radius 3 is 2.55 bits per heavy atom. The number of likely N-dealkylation sites (tertiary alicyclic amines) is 1. The van der Waals surface area contributed by atoms with E-state index < -0.39 is 18.1 Å². The number of hydrogen-bond donors (Lipinski definition) is 3. The first-order valence-electron chi connectivity index (χ1n) is 7.53. The fourth-order valence-electron chi connectivity index (χ4n) is 3.23. The van der Waals surface area contributed by atoms with Crippen molar-refractivity contribution in [3.63, 3.8) is 0 Å². The Labute approximate surface area is 119 Å². The molecule has 0 bridgehead atoms. The number of amides is 2. The number of rotatable bonds is 4. The van der Waals surface area contributed by atoms with Crippen LogP contribution in [0.3, 0.4) is 0 Å². The number of nitrogens with zero attached hydrogens (tertiary/aromatic N) is 1. The van der Waals surface area contributed by atoms with Crippen molar-refractivity contribution in [1.82, 2.24) is 10.2 Å². The Hall–Kier alpha value is -1.30. The zero-order valence-corrected chi connectivity index (χ0v) is 11.8. The van der Waals surface area contributed by atoms with Gasteiger partial charge in [-0.3, -0.25) is 0 Å². The molecule has 6 nitrogen and oxygen atoms in total. The Bertz CT molecular complexity index is 355. The minimum absolute atomic E-state index is 0.103. The number of hydrogen-bond acceptors (Lipinski definition) is 3. The largest absolute Gasteiger partial charge is 0.480 e. The van der Waals surface area contributed by atoms with Gasteiger partial charge in [0.05, 0.1) is 6.10 Å². The van der Waals surface area contributed by atoms with Crippen LogP contribution in [0.5, 0.6) is 0 Å². The van der Waals surface area contributed by atoms with Crippen LogP contribution in [0.15, 0.2) is 0 Å². The van der Waals surface area contributed by atoms with Crippen molar-refractivity contribution in [1.29, 1.82) is 0 Å². The van der Waals surface area contributed by atoms with Crippen LogP contribution < -0.4 is 5.32 Å². The number of aliphatic hydroxyl groups is 1.